The molecular weight excluding hydrogens is 186 g/mol. The van der Waals surface area contributed by atoms with E-state index < -0.39 is 0 Å². The zero-order chi connectivity index (χ0) is 11.3. The van der Waals surface area contributed by atoms with Gasteiger partial charge in [-0.15, -0.1) is 0 Å². The average molecular weight is 211 g/mol. The molecule has 1 aliphatic rings. The van der Waals surface area contributed by atoms with Gasteiger partial charge in [0.25, 0.3) is 0 Å². The molecule has 0 spiro atoms. The number of carbonyl (C=O) groups is 1. The first-order valence-corrected chi connectivity index (χ1v) is 6.38. The summed E-state index contributed by atoms with van der Waals surface area (Å²) in [6.07, 6.45) is 6.75. The van der Waals surface area contributed by atoms with E-state index in [1.807, 2.05) is 0 Å². The first-order valence-electron chi connectivity index (χ1n) is 6.38. The SMILES string of the molecule is CCCC(C)N(C)CC1CCCCC1=O. The van der Waals surface area contributed by atoms with Gasteiger partial charge in [-0.25, -0.2) is 0 Å². The first kappa shape index (κ1) is 12.7. The second-order valence-electron chi connectivity index (χ2n) is 4.99. The summed E-state index contributed by atoms with van der Waals surface area (Å²) in [6, 6.07) is 0.615. The second-order valence-corrected chi connectivity index (χ2v) is 4.99. The van der Waals surface area contributed by atoms with Crippen molar-refractivity contribution in [2.45, 2.75) is 58.4 Å². The highest BCUT2D eigenvalue weighted by Gasteiger charge is 2.24. The van der Waals surface area contributed by atoms with Gasteiger partial charge < -0.3 is 4.90 Å². The minimum atomic E-state index is 0.322. The molecule has 0 aromatic carbocycles. The highest BCUT2D eigenvalue weighted by Crippen LogP contribution is 2.22. The Balaban J connectivity index is 2.35. The summed E-state index contributed by atoms with van der Waals surface area (Å²) in [5.74, 6) is 0.819. The third-order valence-electron chi connectivity index (χ3n) is 3.65. The van der Waals surface area contributed by atoms with Gasteiger partial charge in [-0.3, -0.25) is 4.79 Å². The molecule has 1 aliphatic carbocycles. The lowest BCUT2D eigenvalue weighted by Crippen LogP contribution is -2.37. The van der Waals surface area contributed by atoms with Crippen LogP contribution < -0.4 is 0 Å². The molecule has 2 heteroatoms. The van der Waals surface area contributed by atoms with Gasteiger partial charge in [0.05, 0.1) is 0 Å². The zero-order valence-electron chi connectivity index (χ0n) is 10.5. The lowest BCUT2D eigenvalue weighted by atomic mass is 9.87. The van der Waals surface area contributed by atoms with E-state index in [0.717, 1.165) is 25.8 Å². The van der Waals surface area contributed by atoms with Crippen molar-refractivity contribution in [3.8, 4) is 0 Å². The highest BCUT2D eigenvalue weighted by atomic mass is 16.1. The van der Waals surface area contributed by atoms with Crippen LogP contribution in [0.4, 0.5) is 0 Å². The molecule has 0 aliphatic heterocycles. The Morgan fingerprint density at radius 2 is 2.20 bits per heavy atom. The molecule has 0 heterocycles. The van der Waals surface area contributed by atoms with Gasteiger partial charge in [0.15, 0.2) is 0 Å². The fraction of sp³-hybridized carbons (Fsp3) is 0.923. The lowest BCUT2D eigenvalue weighted by molar-refractivity contribution is -0.125. The van der Waals surface area contributed by atoms with Crippen molar-refractivity contribution >= 4 is 5.78 Å². The van der Waals surface area contributed by atoms with E-state index in [2.05, 4.69) is 25.8 Å². The van der Waals surface area contributed by atoms with Crippen LogP contribution in [0, 0.1) is 5.92 Å². The molecule has 1 rings (SSSR count). The number of carbonyl (C=O) groups excluding carboxylic acids is 1. The Morgan fingerprint density at radius 3 is 2.80 bits per heavy atom. The molecule has 1 fully saturated rings. The topological polar surface area (TPSA) is 20.3 Å². The molecule has 0 saturated heterocycles. The summed E-state index contributed by atoms with van der Waals surface area (Å²) in [5, 5.41) is 0. The summed E-state index contributed by atoms with van der Waals surface area (Å²) in [7, 11) is 2.15. The number of ketones is 1. The molecule has 88 valence electrons. The van der Waals surface area contributed by atoms with Gasteiger partial charge in [-0.05, 0) is 33.2 Å². The summed E-state index contributed by atoms with van der Waals surface area (Å²) in [6.45, 7) is 5.45. The van der Waals surface area contributed by atoms with Crippen LogP contribution >= 0.6 is 0 Å². The Labute approximate surface area is 94.0 Å². The molecule has 15 heavy (non-hydrogen) atoms. The van der Waals surface area contributed by atoms with E-state index in [4.69, 9.17) is 0 Å². The first-order chi connectivity index (χ1) is 7.15. The minimum Gasteiger partial charge on any atom is -0.303 e. The molecule has 1 saturated carbocycles. The standard InChI is InChI=1S/C13H25NO/c1-4-7-11(2)14(3)10-12-8-5-6-9-13(12)15/h11-12H,4-10H2,1-3H3. The fourth-order valence-electron chi connectivity index (χ4n) is 2.41. The molecule has 0 N–H and O–H groups in total. The van der Waals surface area contributed by atoms with Crippen molar-refractivity contribution in [2.24, 2.45) is 5.92 Å². The number of hydrogen-bond donors (Lipinski definition) is 0. The van der Waals surface area contributed by atoms with E-state index in [1.165, 1.54) is 19.3 Å². The minimum absolute atomic E-state index is 0.322. The third-order valence-corrected chi connectivity index (χ3v) is 3.65. The predicted octanol–water partition coefficient (Wildman–Crippen LogP) is 2.87. The quantitative estimate of drug-likeness (QED) is 0.697. The number of hydrogen-bond acceptors (Lipinski definition) is 2. The molecular formula is C13H25NO. The zero-order valence-corrected chi connectivity index (χ0v) is 10.5. The maximum Gasteiger partial charge on any atom is 0.137 e. The van der Waals surface area contributed by atoms with E-state index in [-0.39, 0.29) is 0 Å². The Kier molecular flexibility index (Phi) is 5.30. The number of Topliss-reactive ketones (excluding diaryl/α,β-unsaturated/α-hetero) is 1. The summed E-state index contributed by atoms with van der Waals surface area (Å²) in [5.41, 5.74) is 0. The van der Waals surface area contributed by atoms with Crippen LogP contribution in [0.15, 0.2) is 0 Å². The smallest absolute Gasteiger partial charge is 0.137 e. The van der Waals surface area contributed by atoms with Crippen LogP contribution in [-0.2, 0) is 4.79 Å². The van der Waals surface area contributed by atoms with Crippen molar-refractivity contribution in [3.05, 3.63) is 0 Å². The largest absolute Gasteiger partial charge is 0.303 e. The third kappa shape index (κ3) is 3.94. The molecule has 0 aromatic rings. The van der Waals surface area contributed by atoms with Gasteiger partial charge >= 0.3 is 0 Å². The van der Waals surface area contributed by atoms with Crippen LogP contribution in [0.1, 0.15) is 52.4 Å². The summed E-state index contributed by atoms with van der Waals surface area (Å²) in [4.78, 5) is 14.0. The van der Waals surface area contributed by atoms with E-state index in [1.54, 1.807) is 0 Å². The lowest BCUT2D eigenvalue weighted by Gasteiger charge is -2.30. The molecule has 0 bridgehead atoms. The molecule has 0 radical (unpaired) electrons. The van der Waals surface area contributed by atoms with Crippen molar-refractivity contribution in [3.63, 3.8) is 0 Å². The monoisotopic (exact) mass is 211 g/mol. The Morgan fingerprint density at radius 1 is 1.47 bits per heavy atom. The predicted molar refractivity (Wildman–Crippen MR) is 64.0 cm³/mol. The van der Waals surface area contributed by atoms with Crippen LogP contribution in [0.5, 0.6) is 0 Å². The maximum atomic E-state index is 11.7. The van der Waals surface area contributed by atoms with Crippen molar-refractivity contribution in [1.82, 2.24) is 4.90 Å². The van der Waals surface area contributed by atoms with Crippen LogP contribution in [0.25, 0.3) is 0 Å². The van der Waals surface area contributed by atoms with Crippen molar-refractivity contribution in [2.75, 3.05) is 13.6 Å². The van der Waals surface area contributed by atoms with Gasteiger partial charge in [-0.2, -0.15) is 0 Å². The molecule has 2 nitrogen and oxygen atoms in total. The molecule has 2 unspecified atom stereocenters. The van der Waals surface area contributed by atoms with E-state index in [9.17, 15) is 4.79 Å². The number of rotatable bonds is 5. The fourth-order valence-corrected chi connectivity index (χ4v) is 2.41. The van der Waals surface area contributed by atoms with Gasteiger partial charge in [0.2, 0.25) is 0 Å². The Hall–Kier alpha value is -0.370. The van der Waals surface area contributed by atoms with E-state index >= 15 is 0 Å². The summed E-state index contributed by atoms with van der Waals surface area (Å²) < 4.78 is 0. The summed E-state index contributed by atoms with van der Waals surface area (Å²) >= 11 is 0. The number of nitrogens with zero attached hydrogens (tertiary/aromatic N) is 1. The van der Waals surface area contributed by atoms with Gasteiger partial charge in [0, 0.05) is 24.9 Å². The maximum absolute atomic E-state index is 11.7. The second kappa shape index (κ2) is 6.26. The average Bonchev–Trinajstić information content (AvgIpc) is 2.21. The van der Waals surface area contributed by atoms with Crippen molar-refractivity contribution in [1.29, 1.82) is 0 Å². The van der Waals surface area contributed by atoms with Gasteiger partial charge in [0.1, 0.15) is 5.78 Å². The normalized spacial score (nSPS) is 24.5. The van der Waals surface area contributed by atoms with Gasteiger partial charge in [-0.1, -0.05) is 19.8 Å². The van der Waals surface area contributed by atoms with Crippen molar-refractivity contribution < 1.29 is 4.79 Å². The van der Waals surface area contributed by atoms with Crippen LogP contribution in [-0.4, -0.2) is 30.3 Å². The van der Waals surface area contributed by atoms with Crippen LogP contribution in [0.2, 0.25) is 0 Å². The highest BCUT2D eigenvalue weighted by molar-refractivity contribution is 5.81. The van der Waals surface area contributed by atoms with E-state index in [0.29, 0.717) is 17.7 Å². The van der Waals surface area contributed by atoms with Crippen LogP contribution in [0.3, 0.4) is 0 Å². The molecule has 2 atom stereocenters. The molecule has 0 amide bonds. The Bertz CT molecular complexity index is 203. The molecule has 0 aromatic heterocycles.